The molecule has 2 N–H and O–H groups in total. The van der Waals surface area contributed by atoms with Crippen molar-refractivity contribution in [3.05, 3.63) is 95.6 Å². The molecule has 1 aliphatic rings. The zero-order chi connectivity index (χ0) is 27.2. The van der Waals surface area contributed by atoms with E-state index in [4.69, 9.17) is 4.74 Å². The minimum absolute atomic E-state index is 0.103. The fourth-order valence-electron chi connectivity index (χ4n) is 4.24. The molecule has 3 aromatic carbocycles. The van der Waals surface area contributed by atoms with Crippen molar-refractivity contribution in [1.29, 1.82) is 0 Å². The van der Waals surface area contributed by atoms with Gasteiger partial charge >= 0.3 is 0 Å². The summed E-state index contributed by atoms with van der Waals surface area (Å²) in [5.74, 6) is -3.19. The summed E-state index contributed by atoms with van der Waals surface area (Å²) in [5.41, 5.74) is 1.09. The quantitative estimate of drug-likeness (QED) is 0.444. The van der Waals surface area contributed by atoms with Crippen molar-refractivity contribution in [2.75, 3.05) is 11.4 Å². The molecule has 10 heteroatoms. The van der Waals surface area contributed by atoms with Crippen LogP contribution in [0, 0.1) is 11.6 Å². The molecule has 196 valence electrons. The SMILES string of the molecule is C[C@H](NC(=O)Cc1cc(F)cc(F)c1)C(=O)N[C@H]1C(=O)N(CC=O)c2ccccc2O[C@H]1c1ccccc1. The molecule has 0 bridgehead atoms. The fourth-order valence-corrected chi connectivity index (χ4v) is 4.24. The Kier molecular flexibility index (Phi) is 8.10. The molecule has 0 aromatic heterocycles. The molecular formula is C28H25F2N3O5. The molecule has 38 heavy (non-hydrogen) atoms. The Morgan fingerprint density at radius 1 is 1.03 bits per heavy atom. The van der Waals surface area contributed by atoms with Gasteiger partial charge in [-0.2, -0.15) is 0 Å². The Labute approximate surface area is 217 Å². The number of anilines is 1. The van der Waals surface area contributed by atoms with Gasteiger partial charge in [-0.05, 0) is 42.3 Å². The third-order valence-electron chi connectivity index (χ3n) is 5.99. The fraction of sp³-hybridized carbons (Fsp3) is 0.214. The molecule has 0 unspecified atom stereocenters. The van der Waals surface area contributed by atoms with Gasteiger partial charge < -0.3 is 20.2 Å². The van der Waals surface area contributed by atoms with Gasteiger partial charge in [0.1, 0.15) is 35.8 Å². The van der Waals surface area contributed by atoms with Crippen LogP contribution in [0.2, 0.25) is 0 Å². The van der Waals surface area contributed by atoms with Crippen LogP contribution in [-0.2, 0) is 25.6 Å². The molecule has 3 aromatic rings. The summed E-state index contributed by atoms with van der Waals surface area (Å²) < 4.78 is 33.1. The van der Waals surface area contributed by atoms with E-state index in [0.717, 1.165) is 12.1 Å². The van der Waals surface area contributed by atoms with Crippen molar-refractivity contribution < 1.29 is 32.7 Å². The number of fused-ring (bicyclic) bond motifs is 1. The van der Waals surface area contributed by atoms with Gasteiger partial charge in [-0.3, -0.25) is 19.3 Å². The second-order valence-corrected chi connectivity index (χ2v) is 8.76. The summed E-state index contributed by atoms with van der Waals surface area (Å²) in [6.45, 7) is 1.15. The van der Waals surface area contributed by atoms with Crippen LogP contribution in [0.3, 0.4) is 0 Å². The van der Waals surface area contributed by atoms with Crippen LogP contribution in [-0.4, -0.2) is 42.6 Å². The van der Waals surface area contributed by atoms with E-state index < -0.39 is 47.5 Å². The highest BCUT2D eigenvalue weighted by atomic mass is 19.1. The van der Waals surface area contributed by atoms with Crippen molar-refractivity contribution in [1.82, 2.24) is 10.6 Å². The Morgan fingerprint density at radius 2 is 1.68 bits per heavy atom. The normalized spacial score (nSPS) is 17.4. The highest BCUT2D eigenvalue weighted by Gasteiger charge is 2.40. The Hall–Kier alpha value is -4.60. The summed E-state index contributed by atoms with van der Waals surface area (Å²) in [5, 5.41) is 5.14. The van der Waals surface area contributed by atoms with Gasteiger partial charge in [0, 0.05) is 6.07 Å². The minimum Gasteiger partial charge on any atom is -0.481 e. The number of nitrogens with zero attached hydrogens (tertiary/aromatic N) is 1. The maximum Gasteiger partial charge on any atom is 0.254 e. The summed E-state index contributed by atoms with van der Waals surface area (Å²) in [4.78, 5) is 51.9. The summed E-state index contributed by atoms with van der Waals surface area (Å²) in [6.07, 6.45) is -0.718. The lowest BCUT2D eigenvalue weighted by molar-refractivity contribution is -0.132. The largest absolute Gasteiger partial charge is 0.481 e. The standard InChI is InChI=1S/C28H25F2N3O5/c1-17(31-24(35)15-18-13-20(29)16-21(30)14-18)27(36)32-25-26(19-7-3-2-4-8-19)38-23-10-6-5-9-22(23)33(11-12-34)28(25)37/h2-10,12-14,16-17,25-26H,11,15H2,1H3,(H,31,35)(H,32,36)/t17-,25+,26-/m0/s1. The number of nitrogens with one attached hydrogen (secondary N) is 2. The smallest absolute Gasteiger partial charge is 0.254 e. The Bertz CT molecular complexity index is 1330. The molecular weight excluding hydrogens is 496 g/mol. The third kappa shape index (κ3) is 6.03. The number of halogens is 2. The van der Waals surface area contributed by atoms with Crippen molar-refractivity contribution in [2.45, 2.75) is 31.5 Å². The van der Waals surface area contributed by atoms with Gasteiger partial charge in [-0.15, -0.1) is 0 Å². The molecule has 3 amide bonds. The first-order valence-electron chi connectivity index (χ1n) is 11.9. The van der Waals surface area contributed by atoms with E-state index in [0.29, 0.717) is 29.4 Å². The van der Waals surface area contributed by atoms with E-state index in [1.165, 1.54) is 11.8 Å². The maximum atomic E-state index is 13.7. The van der Waals surface area contributed by atoms with Crippen LogP contribution in [0.4, 0.5) is 14.5 Å². The van der Waals surface area contributed by atoms with Crippen LogP contribution in [0.1, 0.15) is 24.2 Å². The topological polar surface area (TPSA) is 105 Å². The number of rotatable bonds is 8. The summed E-state index contributed by atoms with van der Waals surface area (Å²) in [6, 6.07) is 16.0. The molecule has 1 aliphatic heterocycles. The molecule has 0 saturated carbocycles. The number of carbonyl (C=O) groups is 4. The zero-order valence-corrected chi connectivity index (χ0v) is 20.4. The molecule has 4 rings (SSSR count). The lowest BCUT2D eigenvalue weighted by atomic mass is 10.0. The molecule has 0 fully saturated rings. The average molecular weight is 522 g/mol. The summed E-state index contributed by atoms with van der Waals surface area (Å²) >= 11 is 0. The number of ether oxygens (including phenoxy) is 1. The number of hydrogen-bond acceptors (Lipinski definition) is 5. The van der Waals surface area contributed by atoms with Crippen molar-refractivity contribution >= 4 is 29.7 Å². The second-order valence-electron chi connectivity index (χ2n) is 8.76. The average Bonchev–Trinajstić information content (AvgIpc) is 2.99. The number of carbonyl (C=O) groups excluding carboxylic acids is 4. The monoisotopic (exact) mass is 521 g/mol. The lowest BCUT2D eigenvalue weighted by Crippen LogP contribution is -2.56. The Morgan fingerprint density at radius 3 is 2.37 bits per heavy atom. The number of benzene rings is 3. The van der Waals surface area contributed by atoms with E-state index in [-0.39, 0.29) is 18.5 Å². The molecule has 0 saturated heterocycles. The first-order chi connectivity index (χ1) is 18.3. The first-order valence-corrected chi connectivity index (χ1v) is 11.9. The molecule has 8 nitrogen and oxygen atoms in total. The minimum atomic E-state index is -1.24. The van der Waals surface area contributed by atoms with E-state index in [9.17, 15) is 28.0 Å². The highest BCUT2D eigenvalue weighted by Crippen LogP contribution is 2.37. The molecule has 3 atom stereocenters. The summed E-state index contributed by atoms with van der Waals surface area (Å²) in [7, 11) is 0. The number of amides is 3. The molecule has 0 radical (unpaired) electrons. The molecule has 0 aliphatic carbocycles. The number of hydrogen-bond donors (Lipinski definition) is 2. The van der Waals surface area contributed by atoms with Gasteiger partial charge in [0.15, 0.2) is 6.10 Å². The lowest BCUT2D eigenvalue weighted by Gasteiger charge is -2.28. The van der Waals surface area contributed by atoms with Gasteiger partial charge in [0.2, 0.25) is 11.8 Å². The number of aldehydes is 1. The van der Waals surface area contributed by atoms with Gasteiger partial charge in [0.05, 0.1) is 18.7 Å². The predicted molar refractivity (Wildman–Crippen MR) is 134 cm³/mol. The van der Waals surface area contributed by atoms with Gasteiger partial charge in [-0.1, -0.05) is 42.5 Å². The van der Waals surface area contributed by atoms with Crippen LogP contribution in [0.25, 0.3) is 0 Å². The van der Waals surface area contributed by atoms with Gasteiger partial charge in [-0.25, -0.2) is 8.78 Å². The first kappa shape index (κ1) is 26.5. The van der Waals surface area contributed by atoms with Gasteiger partial charge in [0.25, 0.3) is 5.91 Å². The van der Waals surface area contributed by atoms with Crippen LogP contribution >= 0.6 is 0 Å². The maximum absolute atomic E-state index is 13.7. The van der Waals surface area contributed by atoms with Crippen LogP contribution in [0.5, 0.6) is 5.75 Å². The third-order valence-corrected chi connectivity index (χ3v) is 5.99. The number of para-hydroxylation sites is 2. The van der Waals surface area contributed by atoms with Crippen molar-refractivity contribution in [2.24, 2.45) is 0 Å². The van der Waals surface area contributed by atoms with E-state index >= 15 is 0 Å². The van der Waals surface area contributed by atoms with E-state index in [2.05, 4.69) is 10.6 Å². The van der Waals surface area contributed by atoms with Crippen molar-refractivity contribution in [3.63, 3.8) is 0 Å². The van der Waals surface area contributed by atoms with Crippen molar-refractivity contribution in [3.8, 4) is 5.75 Å². The molecule has 0 spiro atoms. The molecule has 1 heterocycles. The van der Waals surface area contributed by atoms with E-state index in [1.54, 1.807) is 54.6 Å². The second kappa shape index (κ2) is 11.6. The van der Waals surface area contributed by atoms with E-state index in [1.807, 2.05) is 0 Å². The van der Waals surface area contributed by atoms with Crippen LogP contribution < -0.4 is 20.3 Å². The zero-order valence-electron chi connectivity index (χ0n) is 20.4. The predicted octanol–water partition coefficient (Wildman–Crippen LogP) is 2.86. The Balaban J connectivity index is 1.56. The highest BCUT2D eigenvalue weighted by molar-refractivity contribution is 6.03. The van der Waals surface area contributed by atoms with Crippen LogP contribution in [0.15, 0.2) is 72.8 Å².